The number of amides is 1. The van der Waals surface area contributed by atoms with Gasteiger partial charge in [-0.1, -0.05) is 0 Å². The number of nitrogen functional groups attached to an aromatic ring is 1. The summed E-state index contributed by atoms with van der Waals surface area (Å²) in [4.78, 5) is 11.8. The van der Waals surface area contributed by atoms with Crippen LogP contribution in [0.4, 0.5) is 11.4 Å². The number of nitrogens with zero attached hydrogens (tertiary/aromatic N) is 1. The molecule has 0 radical (unpaired) electrons. The Morgan fingerprint density at radius 1 is 1.43 bits per heavy atom. The molecule has 9 heteroatoms. The Bertz CT molecular complexity index is 592. The van der Waals surface area contributed by atoms with Gasteiger partial charge in [0.1, 0.15) is 5.75 Å². The van der Waals surface area contributed by atoms with Crippen LogP contribution in [0.15, 0.2) is 18.2 Å². The van der Waals surface area contributed by atoms with E-state index in [1.165, 1.54) is 21.1 Å². The van der Waals surface area contributed by atoms with Crippen LogP contribution in [0.2, 0.25) is 0 Å². The highest BCUT2D eigenvalue weighted by Gasteiger charge is 2.18. The zero-order chi connectivity index (χ0) is 15.3. The number of anilines is 2. The Balaban J connectivity index is 0.00000400. The lowest BCUT2D eigenvalue weighted by atomic mass is 10.2. The minimum absolute atomic E-state index is 0. The molecule has 0 atom stereocenters. The number of hydrogen-bond acceptors (Lipinski definition) is 5. The fraction of sp³-hybridized carbons (Fsp3) is 0.417. The van der Waals surface area contributed by atoms with E-state index in [-0.39, 0.29) is 24.7 Å². The first-order valence-electron chi connectivity index (χ1n) is 5.97. The van der Waals surface area contributed by atoms with Crippen molar-refractivity contribution in [1.29, 1.82) is 0 Å². The number of benzene rings is 1. The lowest BCUT2D eigenvalue weighted by Crippen LogP contribution is -2.35. The van der Waals surface area contributed by atoms with Gasteiger partial charge in [-0.25, -0.2) is 8.42 Å². The van der Waals surface area contributed by atoms with E-state index in [1.807, 2.05) is 0 Å². The fourth-order valence-electron chi connectivity index (χ4n) is 1.53. The summed E-state index contributed by atoms with van der Waals surface area (Å²) in [5, 5.41) is 2.58. The van der Waals surface area contributed by atoms with E-state index in [1.54, 1.807) is 18.2 Å². The topological polar surface area (TPSA) is 102 Å². The minimum Gasteiger partial charge on any atom is -0.495 e. The summed E-state index contributed by atoms with van der Waals surface area (Å²) >= 11 is 0. The maximum atomic E-state index is 11.8. The van der Waals surface area contributed by atoms with Crippen LogP contribution < -0.4 is 15.8 Å². The van der Waals surface area contributed by atoms with Crippen molar-refractivity contribution in [3.8, 4) is 5.75 Å². The molecule has 0 aromatic heterocycles. The van der Waals surface area contributed by atoms with Crippen molar-refractivity contribution in [3.63, 3.8) is 0 Å². The highest BCUT2D eigenvalue weighted by molar-refractivity contribution is 7.89. The van der Waals surface area contributed by atoms with Gasteiger partial charge < -0.3 is 15.8 Å². The van der Waals surface area contributed by atoms with Gasteiger partial charge in [-0.2, -0.15) is 4.31 Å². The number of carbonyl (C=O) groups excluding carboxylic acids is 1. The molecule has 1 aromatic rings. The number of nitrogens with one attached hydrogen (secondary N) is 1. The number of carbonyl (C=O) groups is 1. The molecule has 3 N–H and O–H groups in total. The van der Waals surface area contributed by atoms with Crippen molar-refractivity contribution < 1.29 is 17.9 Å². The standard InChI is InChI=1S/C12H19N3O4S.ClH/c1-4-20(17,18)15(2)8-12(16)14-9-5-6-11(19-3)10(13)7-9;/h5-7H,4,8,13H2,1-3H3,(H,14,16);1H. The number of rotatable bonds is 6. The quantitative estimate of drug-likeness (QED) is 0.751. The normalized spacial score (nSPS) is 10.9. The predicted molar refractivity (Wildman–Crippen MR) is 85.4 cm³/mol. The average Bonchev–Trinajstić information content (AvgIpc) is 2.38. The molecule has 1 rings (SSSR count). The van der Waals surface area contributed by atoms with Gasteiger partial charge >= 0.3 is 0 Å². The Hall–Kier alpha value is -1.51. The monoisotopic (exact) mass is 337 g/mol. The largest absolute Gasteiger partial charge is 0.495 e. The molecule has 0 aliphatic heterocycles. The molecule has 7 nitrogen and oxygen atoms in total. The molecule has 120 valence electrons. The van der Waals surface area contributed by atoms with E-state index in [4.69, 9.17) is 10.5 Å². The van der Waals surface area contributed by atoms with Crippen molar-refractivity contribution in [1.82, 2.24) is 4.31 Å². The van der Waals surface area contributed by atoms with E-state index in [2.05, 4.69) is 5.32 Å². The third kappa shape index (κ3) is 5.41. The number of ether oxygens (including phenoxy) is 1. The zero-order valence-electron chi connectivity index (χ0n) is 12.1. The third-order valence-electron chi connectivity index (χ3n) is 2.72. The van der Waals surface area contributed by atoms with E-state index >= 15 is 0 Å². The Kier molecular flexibility index (Phi) is 7.48. The van der Waals surface area contributed by atoms with Crippen LogP contribution in [0.5, 0.6) is 5.75 Å². The first-order chi connectivity index (χ1) is 9.30. The fourth-order valence-corrected chi connectivity index (χ4v) is 2.29. The number of hydrogen-bond donors (Lipinski definition) is 2. The highest BCUT2D eigenvalue weighted by atomic mass is 35.5. The first-order valence-corrected chi connectivity index (χ1v) is 7.58. The zero-order valence-corrected chi connectivity index (χ0v) is 13.8. The smallest absolute Gasteiger partial charge is 0.239 e. The van der Waals surface area contributed by atoms with Gasteiger partial charge in [0.25, 0.3) is 0 Å². The summed E-state index contributed by atoms with van der Waals surface area (Å²) in [6.07, 6.45) is 0. The second-order valence-corrected chi connectivity index (χ2v) is 6.53. The molecule has 0 aliphatic rings. The maximum Gasteiger partial charge on any atom is 0.239 e. The Labute approximate surface area is 130 Å². The van der Waals surface area contributed by atoms with Crippen LogP contribution in [0.25, 0.3) is 0 Å². The second-order valence-electron chi connectivity index (χ2n) is 4.16. The molecule has 0 fully saturated rings. The molecular weight excluding hydrogens is 318 g/mol. The summed E-state index contributed by atoms with van der Waals surface area (Å²) in [5.41, 5.74) is 6.59. The molecule has 0 heterocycles. The number of likely N-dealkylation sites (N-methyl/N-ethyl adjacent to an activating group) is 1. The van der Waals surface area contributed by atoms with Crippen LogP contribution >= 0.6 is 12.4 Å². The van der Waals surface area contributed by atoms with E-state index < -0.39 is 15.9 Å². The van der Waals surface area contributed by atoms with Crippen LogP contribution in [-0.4, -0.2) is 45.1 Å². The van der Waals surface area contributed by atoms with Gasteiger partial charge in [0.05, 0.1) is 25.1 Å². The Morgan fingerprint density at radius 2 is 2.05 bits per heavy atom. The molecule has 0 saturated heterocycles. The summed E-state index contributed by atoms with van der Waals surface area (Å²) in [6, 6.07) is 4.80. The summed E-state index contributed by atoms with van der Waals surface area (Å²) in [5.74, 6) is 0.0227. The minimum atomic E-state index is -3.38. The molecule has 0 aliphatic carbocycles. The molecule has 0 spiro atoms. The van der Waals surface area contributed by atoms with Crippen LogP contribution in [0, 0.1) is 0 Å². The molecule has 1 aromatic carbocycles. The van der Waals surface area contributed by atoms with Gasteiger partial charge in [-0.15, -0.1) is 12.4 Å². The number of methoxy groups -OCH3 is 1. The lowest BCUT2D eigenvalue weighted by molar-refractivity contribution is -0.116. The second kappa shape index (κ2) is 8.06. The van der Waals surface area contributed by atoms with E-state index in [0.717, 1.165) is 4.31 Å². The number of halogens is 1. The summed E-state index contributed by atoms with van der Waals surface area (Å²) in [7, 11) is -0.520. The van der Waals surface area contributed by atoms with Crippen molar-refractivity contribution >= 4 is 39.7 Å². The first kappa shape index (κ1) is 19.5. The molecule has 21 heavy (non-hydrogen) atoms. The molecule has 0 unspecified atom stereocenters. The van der Waals surface area contributed by atoms with E-state index in [9.17, 15) is 13.2 Å². The molecule has 1 amide bonds. The SMILES string of the molecule is CCS(=O)(=O)N(C)CC(=O)Nc1ccc(OC)c(N)c1.Cl. The highest BCUT2D eigenvalue weighted by Crippen LogP contribution is 2.24. The van der Waals surface area contributed by atoms with Crippen molar-refractivity contribution in [3.05, 3.63) is 18.2 Å². The third-order valence-corrected chi connectivity index (χ3v) is 4.53. The van der Waals surface area contributed by atoms with Gasteiger partial charge in [0.2, 0.25) is 15.9 Å². The van der Waals surface area contributed by atoms with Gasteiger partial charge in [-0.3, -0.25) is 4.79 Å². The number of sulfonamides is 1. The van der Waals surface area contributed by atoms with Crippen molar-refractivity contribution in [2.75, 3.05) is 37.5 Å². The maximum absolute atomic E-state index is 11.8. The van der Waals surface area contributed by atoms with Crippen LogP contribution in [0.1, 0.15) is 6.92 Å². The molecule has 0 bridgehead atoms. The van der Waals surface area contributed by atoms with Gasteiger partial charge in [0.15, 0.2) is 0 Å². The Morgan fingerprint density at radius 3 is 2.52 bits per heavy atom. The summed E-state index contributed by atoms with van der Waals surface area (Å²) < 4.78 is 29.1. The molecular formula is C12H20ClN3O4S. The average molecular weight is 338 g/mol. The molecule has 0 saturated carbocycles. The predicted octanol–water partition coefficient (Wildman–Crippen LogP) is 0.919. The van der Waals surface area contributed by atoms with E-state index in [0.29, 0.717) is 17.1 Å². The van der Waals surface area contributed by atoms with Crippen molar-refractivity contribution in [2.45, 2.75) is 6.92 Å². The van der Waals surface area contributed by atoms with Gasteiger partial charge in [0, 0.05) is 12.7 Å². The van der Waals surface area contributed by atoms with Crippen molar-refractivity contribution in [2.24, 2.45) is 0 Å². The summed E-state index contributed by atoms with van der Waals surface area (Å²) in [6.45, 7) is 1.27. The lowest BCUT2D eigenvalue weighted by Gasteiger charge is -2.15. The number of nitrogens with two attached hydrogens (primary N) is 1. The van der Waals surface area contributed by atoms with Crippen LogP contribution in [0.3, 0.4) is 0 Å². The van der Waals surface area contributed by atoms with Crippen LogP contribution in [-0.2, 0) is 14.8 Å². The van der Waals surface area contributed by atoms with Gasteiger partial charge in [-0.05, 0) is 25.1 Å².